The summed E-state index contributed by atoms with van der Waals surface area (Å²) in [5.41, 5.74) is 0.574. The van der Waals surface area contributed by atoms with Gasteiger partial charge in [0.1, 0.15) is 5.78 Å². The SMILES string of the molecule is C/C(=C\c1csc(CC(C)(C)C)n1)C1C[C@@H]2O[C@]2(C)CCC[C@H](C)[C@H](O)[C@@H](C)C(=O)C(C)(C)[C@@H](O)CC(=O)N1. The van der Waals surface area contributed by atoms with E-state index in [1.807, 2.05) is 25.3 Å². The highest BCUT2D eigenvalue weighted by Crippen LogP contribution is 2.44. The molecule has 1 amide bonds. The van der Waals surface area contributed by atoms with Crippen LogP contribution in [0.3, 0.4) is 0 Å². The number of nitrogens with zero attached hydrogens (tertiary/aromatic N) is 1. The Morgan fingerprint density at radius 2 is 1.90 bits per heavy atom. The largest absolute Gasteiger partial charge is 0.392 e. The molecule has 1 aromatic heterocycles. The van der Waals surface area contributed by atoms with Crippen molar-refractivity contribution in [3.8, 4) is 0 Å². The van der Waals surface area contributed by atoms with E-state index in [9.17, 15) is 19.8 Å². The maximum atomic E-state index is 13.3. The highest BCUT2D eigenvalue weighted by Gasteiger charge is 2.52. The van der Waals surface area contributed by atoms with E-state index in [4.69, 9.17) is 9.72 Å². The Kier molecular flexibility index (Phi) is 9.90. The molecule has 7 nitrogen and oxygen atoms in total. The monoisotopic (exact) mass is 562 g/mol. The van der Waals surface area contributed by atoms with Crippen LogP contribution in [0.5, 0.6) is 0 Å². The molecule has 2 aliphatic rings. The van der Waals surface area contributed by atoms with Crippen LogP contribution in [-0.2, 0) is 20.7 Å². The average molecular weight is 563 g/mol. The van der Waals surface area contributed by atoms with Crippen molar-refractivity contribution in [2.75, 3.05) is 0 Å². The number of amides is 1. The molecule has 3 rings (SSSR count). The second-order valence-electron chi connectivity index (χ2n) is 14.0. The zero-order valence-electron chi connectivity index (χ0n) is 25.3. The molecule has 1 unspecified atom stereocenters. The van der Waals surface area contributed by atoms with Gasteiger partial charge in [-0.1, -0.05) is 54.9 Å². The van der Waals surface area contributed by atoms with Crippen molar-refractivity contribution in [3.05, 3.63) is 21.7 Å². The number of hydrogen-bond donors (Lipinski definition) is 3. The van der Waals surface area contributed by atoms with Gasteiger partial charge in [-0.05, 0) is 49.7 Å². The van der Waals surface area contributed by atoms with E-state index >= 15 is 0 Å². The van der Waals surface area contributed by atoms with Crippen LogP contribution in [-0.4, -0.2) is 56.8 Å². The van der Waals surface area contributed by atoms with Gasteiger partial charge in [-0.3, -0.25) is 9.59 Å². The summed E-state index contributed by atoms with van der Waals surface area (Å²) < 4.78 is 6.15. The number of aliphatic hydroxyl groups excluding tert-OH is 2. The van der Waals surface area contributed by atoms with Crippen molar-refractivity contribution in [3.63, 3.8) is 0 Å². The van der Waals surface area contributed by atoms with Gasteiger partial charge in [0.25, 0.3) is 0 Å². The van der Waals surface area contributed by atoms with Crippen LogP contribution >= 0.6 is 11.3 Å². The third-order valence-electron chi connectivity index (χ3n) is 8.68. The molecule has 8 heteroatoms. The summed E-state index contributed by atoms with van der Waals surface area (Å²) in [4.78, 5) is 31.3. The molecule has 0 saturated carbocycles. The maximum absolute atomic E-state index is 13.3. The van der Waals surface area contributed by atoms with E-state index < -0.39 is 23.5 Å². The van der Waals surface area contributed by atoms with Gasteiger partial charge in [-0.25, -0.2) is 4.98 Å². The lowest BCUT2D eigenvalue weighted by Crippen LogP contribution is -2.47. The number of aromatic nitrogens is 1. The third kappa shape index (κ3) is 8.21. The number of carbonyl (C=O) groups is 2. The highest BCUT2D eigenvalue weighted by molar-refractivity contribution is 7.09. The Morgan fingerprint density at radius 1 is 1.23 bits per heavy atom. The first-order valence-electron chi connectivity index (χ1n) is 14.4. The third-order valence-corrected chi connectivity index (χ3v) is 9.55. The molecule has 3 N–H and O–H groups in total. The van der Waals surface area contributed by atoms with Gasteiger partial charge in [-0.15, -0.1) is 11.3 Å². The first kappa shape index (κ1) is 31.9. The summed E-state index contributed by atoms with van der Waals surface area (Å²) in [6.07, 6.45) is 3.90. The minimum absolute atomic E-state index is 0.00744. The van der Waals surface area contributed by atoms with Crippen molar-refractivity contribution < 1.29 is 24.5 Å². The lowest BCUT2D eigenvalue weighted by molar-refractivity contribution is -0.143. The van der Waals surface area contributed by atoms with E-state index in [1.54, 1.807) is 32.1 Å². The molecular formula is C31H50N2O5S. The van der Waals surface area contributed by atoms with Crippen LogP contribution < -0.4 is 5.32 Å². The molecule has 0 radical (unpaired) electrons. The molecule has 220 valence electrons. The van der Waals surface area contributed by atoms with Crippen LogP contribution in [0.25, 0.3) is 6.08 Å². The molecule has 2 aliphatic heterocycles. The summed E-state index contributed by atoms with van der Waals surface area (Å²) in [5, 5.41) is 28.1. The van der Waals surface area contributed by atoms with Crippen LogP contribution in [0.4, 0.5) is 0 Å². The summed E-state index contributed by atoms with van der Waals surface area (Å²) in [7, 11) is 0. The van der Waals surface area contributed by atoms with Crippen molar-refractivity contribution in [2.24, 2.45) is 22.7 Å². The van der Waals surface area contributed by atoms with E-state index in [-0.39, 0.29) is 47.2 Å². The quantitative estimate of drug-likeness (QED) is 0.429. The number of thiazole rings is 1. The summed E-state index contributed by atoms with van der Waals surface area (Å²) in [6, 6.07) is -0.282. The Labute approximate surface area is 238 Å². The second-order valence-corrected chi connectivity index (χ2v) is 15.0. The van der Waals surface area contributed by atoms with Gasteiger partial charge in [0.05, 0.1) is 52.5 Å². The lowest BCUT2D eigenvalue weighted by Gasteiger charge is -2.34. The number of epoxide rings is 1. The minimum atomic E-state index is -1.17. The van der Waals surface area contributed by atoms with Crippen molar-refractivity contribution in [1.29, 1.82) is 0 Å². The predicted molar refractivity (Wildman–Crippen MR) is 156 cm³/mol. The molecule has 0 bridgehead atoms. The van der Waals surface area contributed by atoms with Gasteiger partial charge >= 0.3 is 0 Å². The van der Waals surface area contributed by atoms with Gasteiger partial charge in [0.15, 0.2) is 0 Å². The zero-order chi connectivity index (χ0) is 29.3. The van der Waals surface area contributed by atoms with Crippen LogP contribution in [0.1, 0.15) is 105 Å². The molecule has 1 aromatic rings. The first-order valence-corrected chi connectivity index (χ1v) is 15.3. The van der Waals surface area contributed by atoms with E-state index in [2.05, 4.69) is 33.0 Å². The van der Waals surface area contributed by atoms with Crippen LogP contribution in [0.2, 0.25) is 0 Å². The van der Waals surface area contributed by atoms with Crippen molar-refractivity contribution in [2.45, 2.75) is 131 Å². The van der Waals surface area contributed by atoms with E-state index in [0.717, 1.165) is 42.0 Å². The average Bonchev–Trinajstić information content (AvgIpc) is 3.24. The Morgan fingerprint density at radius 3 is 2.54 bits per heavy atom. The summed E-state index contributed by atoms with van der Waals surface area (Å²) in [6.45, 7) is 17.7. The standard InChI is InChI=1S/C31H50N2O5S/c1-18-11-10-12-31(9)24(38-31)14-22(19(2)13-21-17-39-26(32-21)16-29(4,5)6)33-25(35)15-23(34)30(7,8)28(37)20(3)27(18)36/h13,17-18,20,22-24,27,34,36H,10-12,14-16H2,1-9H3,(H,33,35)/b19-13+/t18-,20+,22?,23-,24-,27-,31+/m0/s1. The number of fused-ring (bicyclic) bond motifs is 1. The maximum Gasteiger partial charge on any atom is 0.223 e. The number of hydrogen-bond acceptors (Lipinski definition) is 7. The number of nitrogens with one attached hydrogen (secondary N) is 1. The lowest BCUT2D eigenvalue weighted by atomic mass is 9.72. The molecule has 39 heavy (non-hydrogen) atoms. The fourth-order valence-electron chi connectivity index (χ4n) is 5.67. The number of carbonyl (C=O) groups excluding carboxylic acids is 2. The van der Waals surface area contributed by atoms with Crippen molar-refractivity contribution in [1.82, 2.24) is 10.3 Å². The Hall–Kier alpha value is -1.61. The van der Waals surface area contributed by atoms with Crippen molar-refractivity contribution >= 4 is 29.1 Å². The second kappa shape index (κ2) is 12.1. The number of ketones is 1. The smallest absolute Gasteiger partial charge is 0.223 e. The van der Waals surface area contributed by atoms with Gasteiger partial charge in [0.2, 0.25) is 5.91 Å². The zero-order valence-corrected chi connectivity index (χ0v) is 26.2. The number of rotatable bonds is 3. The van der Waals surface area contributed by atoms with Gasteiger partial charge < -0.3 is 20.3 Å². The Balaban J connectivity index is 1.84. The molecule has 3 heterocycles. The number of ether oxygens (including phenoxy) is 1. The van der Waals surface area contributed by atoms with Gasteiger partial charge in [0, 0.05) is 24.1 Å². The predicted octanol–water partition coefficient (Wildman–Crippen LogP) is 5.33. The Bertz CT molecular complexity index is 1060. The molecule has 2 saturated heterocycles. The fraction of sp³-hybridized carbons (Fsp3) is 0.774. The molecule has 0 aliphatic carbocycles. The van der Waals surface area contributed by atoms with E-state index in [1.165, 1.54) is 0 Å². The van der Waals surface area contributed by atoms with Crippen LogP contribution in [0, 0.1) is 22.7 Å². The summed E-state index contributed by atoms with van der Waals surface area (Å²) >= 11 is 1.65. The fourth-order valence-corrected chi connectivity index (χ4v) is 6.72. The molecule has 2 fully saturated rings. The van der Waals surface area contributed by atoms with Crippen LogP contribution in [0.15, 0.2) is 11.0 Å². The number of Topliss-reactive ketones (excluding diaryl/α,β-unsaturated/α-hetero) is 1. The highest BCUT2D eigenvalue weighted by atomic mass is 32.1. The normalized spacial score (nSPS) is 35.3. The van der Waals surface area contributed by atoms with E-state index in [0.29, 0.717) is 6.42 Å². The topological polar surface area (TPSA) is 112 Å². The summed E-state index contributed by atoms with van der Waals surface area (Å²) in [5.74, 6) is -1.24. The molecule has 0 aromatic carbocycles. The molecular weight excluding hydrogens is 512 g/mol. The molecule has 0 spiro atoms. The number of aliphatic hydroxyl groups is 2. The first-order chi connectivity index (χ1) is 17.9. The minimum Gasteiger partial charge on any atom is -0.392 e. The molecule has 7 atom stereocenters. The van der Waals surface area contributed by atoms with Gasteiger partial charge in [-0.2, -0.15) is 0 Å².